The summed E-state index contributed by atoms with van der Waals surface area (Å²) in [4.78, 5) is 25.9. The van der Waals surface area contributed by atoms with E-state index >= 15 is 0 Å². The van der Waals surface area contributed by atoms with Gasteiger partial charge in [0.15, 0.2) is 0 Å². The fourth-order valence-corrected chi connectivity index (χ4v) is 4.15. The third kappa shape index (κ3) is 4.71. The van der Waals surface area contributed by atoms with E-state index < -0.39 is 11.9 Å². The maximum atomic E-state index is 13.5. The molecule has 7 heteroatoms. The molecule has 0 radical (unpaired) electrons. The molecule has 7 nitrogen and oxygen atoms in total. The van der Waals surface area contributed by atoms with Crippen LogP contribution in [0.5, 0.6) is 17.2 Å². The van der Waals surface area contributed by atoms with Gasteiger partial charge < -0.3 is 23.4 Å². The Balaban J connectivity index is 1.92. The molecule has 4 aromatic rings. The van der Waals surface area contributed by atoms with Crippen molar-refractivity contribution in [3.63, 3.8) is 0 Å². The molecular weight excluding hydrogens is 448 g/mol. The molecule has 0 aliphatic carbocycles. The second-order valence-electron chi connectivity index (χ2n) is 7.87. The minimum atomic E-state index is -0.484. The van der Waals surface area contributed by atoms with E-state index in [1.165, 1.54) is 20.5 Å². The van der Waals surface area contributed by atoms with Crippen molar-refractivity contribution in [1.82, 2.24) is 0 Å². The van der Waals surface area contributed by atoms with Gasteiger partial charge in [-0.2, -0.15) is 0 Å². The maximum Gasteiger partial charge on any atom is 0.306 e. The number of carbonyl (C=O) groups is 1. The summed E-state index contributed by atoms with van der Waals surface area (Å²) in [6.45, 7) is 0. The molecule has 1 aromatic heterocycles. The molecule has 1 unspecified atom stereocenters. The van der Waals surface area contributed by atoms with Crippen molar-refractivity contribution in [3.8, 4) is 28.4 Å². The summed E-state index contributed by atoms with van der Waals surface area (Å²) in [5.41, 5.74) is 2.72. The SMILES string of the molecule is COC(=O)CC(c1ccc(OC)cc1)c1c(OC)ccc2c(=O)c(-c3ccc(OC)cc3)coc12. The van der Waals surface area contributed by atoms with E-state index in [1.807, 2.05) is 24.3 Å². The van der Waals surface area contributed by atoms with Crippen LogP contribution in [0.15, 0.2) is 76.1 Å². The zero-order valence-electron chi connectivity index (χ0n) is 20.0. The first kappa shape index (κ1) is 23.9. The lowest BCUT2D eigenvalue weighted by molar-refractivity contribution is -0.140. The van der Waals surface area contributed by atoms with Gasteiger partial charge in [0.2, 0.25) is 5.43 Å². The first-order valence-corrected chi connectivity index (χ1v) is 11.0. The van der Waals surface area contributed by atoms with E-state index in [2.05, 4.69) is 0 Å². The van der Waals surface area contributed by atoms with Gasteiger partial charge >= 0.3 is 5.97 Å². The Morgan fingerprint density at radius 1 is 0.829 bits per heavy atom. The molecule has 180 valence electrons. The lowest BCUT2D eigenvalue weighted by Gasteiger charge is -2.21. The Hall–Kier alpha value is -4.26. The van der Waals surface area contributed by atoms with Gasteiger partial charge in [-0.05, 0) is 47.5 Å². The molecule has 0 amide bonds. The molecule has 35 heavy (non-hydrogen) atoms. The van der Waals surface area contributed by atoms with E-state index in [4.69, 9.17) is 23.4 Å². The van der Waals surface area contributed by atoms with Crippen molar-refractivity contribution in [3.05, 3.63) is 88.3 Å². The van der Waals surface area contributed by atoms with Crippen LogP contribution in [-0.4, -0.2) is 34.4 Å². The van der Waals surface area contributed by atoms with Crippen LogP contribution in [0.2, 0.25) is 0 Å². The second kappa shape index (κ2) is 10.3. The highest BCUT2D eigenvalue weighted by molar-refractivity contribution is 5.87. The Morgan fingerprint density at radius 2 is 1.46 bits per heavy atom. The quantitative estimate of drug-likeness (QED) is 0.325. The van der Waals surface area contributed by atoms with Crippen molar-refractivity contribution < 1.29 is 28.2 Å². The average Bonchev–Trinajstić information content (AvgIpc) is 2.91. The first-order valence-electron chi connectivity index (χ1n) is 11.0. The van der Waals surface area contributed by atoms with Gasteiger partial charge in [0.25, 0.3) is 0 Å². The highest BCUT2D eigenvalue weighted by Gasteiger charge is 2.27. The van der Waals surface area contributed by atoms with Gasteiger partial charge in [-0.1, -0.05) is 24.3 Å². The van der Waals surface area contributed by atoms with Gasteiger partial charge in [0, 0.05) is 11.5 Å². The lowest BCUT2D eigenvalue weighted by Crippen LogP contribution is -2.13. The van der Waals surface area contributed by atoms with E-state index in [9.17, 15) is 9.59 Å². The van der Waals surface area contributed by atoms with Crippen LogP contribution >= 0.6 is 0 Å². The van der Waals surface area contributed by atoms with Crippen LogP contribution in [-0.2, 0) is 9.53 Å². The molecule has 4 rings (SSSR count). The molecule has 0 bridgehead atoms. The molecule has 0 spiro atoms. The highest BCUT2D eigenvalue weighted by Crippen LogP contribution is 2.40. The minimum absolute atomic E-state index is 0.0300. The molecule has 3 aromatic carbocycles. The standard InChI is InChI=1S/C28H26O7/c1-31-19-9-5-17(6-10-19)22(15-25(29)34-4)26-24(33-3)14-13-21-27(30)23(16-35-28(21)26)18-7-11-20(32-2)12-8-18/h5-14,16,22H,15H2,1-4H3. The van der Waals surface area contributed by atoms with E-state index in [0.29, 0.717) is 44.9 Å². The number of ether oxygens (including phenoxy) is 4. The molecule has 0 saturated carbocycles. The lowest BCUT2D eigenvalue weighted by atomic mass is 9.86. The van der Waals surface area contributed by atoms with Crippen LogP contribution < -0.4 is 19.6 Å². The first-order chi connectivity index (χ1) is 17.0. The summed E-state index contributed by atoms with van der Waals surface area (Å²) in [5.74, 6) is 0.994. The monoisotopic (exact) mass is 474 g/mol. The summed E-state index contributed by atoms with van der Waals surface area (Å²) in [6, 6.07) is 18.0. The van der Waals surface area contributed by atoms with Crippen LogP contribution in [0, 0.1) is 0 Å². The molecule has 1 heterocycles. The summed E-state index contributed by atoms with van der Waals surface area (Å²) >= 11 is 0. The Bertz CT molecular complexity index is 1390. The number of esters is 1. The number of rotatable bonds is 8. The van der Waals surface area contributed by atoms with Crippen LogP contribution in [0.3, 0.4) is 0 Å². The third-order valence-electron chi connectivity index (χ3n) is 6.03. The zero-order chi connectivity index (χ0) is 24.9. The normalized spacial score (nSPS) is 11.7. The fourth-order valence-electron chi connectivity index (χ4n) is 4.15. The van der Waals surface area contributed by atoms with Crippen LogP contribution in [0.25, 0.3) is 22.1 Å². The Kier molecular flexibility index (Phi) is 7.06. The van der Waals surface area contributed by atoms with Crippen molar-refractivity contribution in [2.24, 2.45) is 0 Å². The van der Waals surface area contributed by atoms with E-state index in [-0.39, 0.29) is 11.8 Å². The number of hydrogen-bond donors (Lipinski definition) is 0. The summed E-state index contributed by atoms with van der Waals surface area (Å²) in [6.07, 6.45) is 1.47. The van der Waals surface area contributed by atoms with Gasteiger partial charge in [-0.3, -0.25) is 9.59 Å². The summed E-state index contributed by atoms with van der Waals surface area (Å²) in [5, 5.41) is 0.387. The Morgan fingerprint density at radius 3 is 2.03 bits per heavy atom. The predicted molar refractivity (Wildman–Crippen MR) is 132 cm³/mol. The minimum Gasteiger partial charge on any atom is -0.497 e. The topological polar surface area (TPSA) is 84.2 Å². The van der Waals surface area contributed by atoms with Crippen molar-refractivity contribution >= 4 is 16.9 Å². The van der Waals surface area contributed by atoms with Gasteiger partial charge in [0.05, 0.1) is 45.8 Å². The van der Waals surface area contributed by atoms with E-state index in [1.54, 1.807) is 50.6 Å². The average molecular weight is 475 g/mol. The summed E-state index contributed by atoms with van der Waals surface area (Å²) in [7, 11) is 6.05. The third-order valence-corrected chi connectivity index (χ3v) is 6.03. The molecule has 0 saturated heterocycles. The highest BCUT2D eigenvalue weighted by atomic mass is 16.5. The van der Waals surface area contributed by atoms with Crippen LogP contribution in [0.1, 0.15) is 23.5 Å². The number of hydrogen-bond acceptors (Lipinski definition) is 7. The van der Waals surface area contributed by atoms with Crippen molar-refractivity contribution in [2.45, 2.75) is 12.3 Å². The molecule has 1 atom stereocenters. The molecular formula is C28H26O7. The fraction of sp³-hybridized carbons (Fsp3) is 0.214. The molecule has 0 aliphatic heterocycles. The largest absolute Gasteiger partial charge is 0.497 e. The number of benzene rings is 3. The van der Waals surface area contributed by atoms with Crippen LogP contribution in [0.4, 0.5) is 0 Å². The van der Waals surface area contributed by atoms with Gasteiger partial charge in [-0.25, -0.2) is 0 Å². The van der Waals surface area contributed by atoms with E-state index in [0.717, 1.165) is 5.56 Å². The number of fused-ring (bicyclic) bond motifs is 1. The molecule has 0 aliphatic rings. The number of methoxy groups -OCH3 is 4. The van der Waals surface area contributed by atoms with Gasteiger partial charge in [0.1, 0.15) is 29.1 Å². The smallest absolute Gasteiger partial charge is 0.306 e. The predicted octanol–water partition coefficient (Wildman–Crippen LogP) is 5.18. The van der Waals surface area contributed by atoms with Crippen molar-refractivity contribution in [1.29, 1.82) is 0 Å². The number of carbonyl (C=O) groups excluding carboxylic acids is 1. The zero-order valence-corrected chi connectivity index (χ0v) is 20.0. The van der Waals surface area contributed by atoms with Gasteiger partial charge in [-0.15, -0.1) is 0 Å². The molecule has 0 fully saturated rings. The second-order valence-corrected chi connectivity index (χ2v) is 7.87. The maximum absolute atomic E-state index is 13.5. The van der Waals surface area contributed by atoms with Crippen molar-refractivity contribution in [2.75, 3.05) is 28.4 Å². The Labute approximate surface area is 202 Å². The summed E-state index contributed by atoms with van der Waals surface area (Å²) < 4.78 is 27.2. The molecule has 0 N–H and O–H groups in total.